The van der Waals surface area contributed by atoms with Crippen LogP contribution in [0.1, 0.15) is 33.4 Å². The number of rotatable bonds is 6. The zero-order chi connectivity index (χ0) is 27.7. The highest BCUT2D eigenvalue weighted by Crippen LogP contribution is 2.46. The molecule has 2 amide bonds. The van der Waals surface area contributed by atoms with E-state index in [-0.39, 0.29) is 17.6 Å². The number of hydrogen-bond donors (Lipinski definition) is 0. The normalized spacial score (nSPS) is 19.1. The van der Waals surface area contributed by atoms with Crippen molar-refractivity contribution < 1.29 is 23.5 Å². The third-order valence-electron chi connectivity index (χ3n) is 7.68. The van der Waals surface area contributed by atoms with Crippen molar-refractivity contribution in [2.45, 2.75) is 16.9 Å². The fourth-order valence-corrected chi connectivity index (χ4v) is 5.97. The first kappa shape index (κ1) is 26.9. The molecule has 1 saturated heterocycles. The molecule has 2 aliphatic heterocycles. The zero-order valence-electron chi connectivity index (χ0n) is 22.5. The lowest BCUT2D eigenvalue weighted by Gasteiger charge is -2.43. The van der Waals surface area contributed by atoms with Crippen molar-refractivity contribution >= 4 is 29.3 Å². The molecule has 3 aromatic carbocycles. The second-order valence-electron chi connectivity index (χ2n) is 9.69. The molecule has 0 aliphatic carbocycles. The van der Waals surface area contributed by atoms with Crippen molar-refractivity contribution in [3.8, 4) is 11.5 Å². The molecule has 3 aromatic rings. The van der Waals surface area contributed by atoms with Crippen molar-refractivity contribution in [1.82, 2.24) is 9.80 Å². The predicted octanol–water partition coefficient (Wildman–Crippen LogP) is 4.82. The van der Waals surface area contributed by atoms with Gasteiger partial charge in [-0.05, 0) is 65.9 Å². The summed E-state index contributed by atoms with van der Waals surface area (Å²) in [5, 5.41) is 0. The number of fused-ring (bicyclic) bond motifs is 1. The van der Waals surface area contributed by atoms with E-state index in [1.165, 1.54) is 19.2 Å². The van der Waals surface area contributed by atoms with Crippen molar-refractivity contribution in [2.24, 2.45) is 0 Å². The van der Waals surface area contributed by atoms with E-state index in [9.17, 15) is 14.0 Å². The molecule has 0 aromatic heterocycles. The summed E-state index contributed by atoms with van der Waals surface area (Å²) >= 11 is 1.64. The number of amides is 2. The SMILES string of the molecule is COc1cc2c(cc1OC)[C@H](C(=O)N1CCN(c3ccc(F)cc3)CC1)[C@@H](c1ccc(SC)cc1)N(C)C2=O. The Morgan fingerprint density at radius 1 is 0.923 bits per heavy atom. The molecule has 1 fully saturated rings. The van der Waals surface area contributed by atoms with E-state index < -0.39 is 12.0 Å². The molecule has 2 aliphatic rings. The van der Waals surface area contributed by atoms with Gasteiger partial charge in [0, 0.05) is 49.4 Å². The molecule has 0 saturated carbocycles. The van der Waals surface area contributed by atoms with Crippen LogP contribution < -0.4 is 14.4 Å². The lowest BCUT2D eigenvalue weighted by molar-refractivity contribution is -0.134. The second kappa shape index (κ2) is 11.2. The number of carbonyl (C=O) groups excluding carboxylic acids is 2. The summed E-state index contributed by atoms with van der Waals surface area (Å²) in [6.07, 6.45) is 2.01. The minimum Gasteiger partial charge on any atom is -0.493 e. The molecule has 7 nitrogen and oxygen atoms in total. The quantitative estimate of drug-likeness (QED) is 0.411. The van der Waals surface area contributed by atoms with Crippen LogP contribution in [0.2, 0.25) is 0 Å². The van der Waals surface area contributed by atoms with Crippen molar-refractivity contribution in [3.05, 3.63) is 83.2 Å². The van der Waals surface area contributed by atoms with E-state index in [0.29, 0.717) is 48.8 Å². The molecule has 204 valence electrons. The summed E-state index contributed by atoms with van der Waals surface area (Å²) in [6, 6.07) is 17.4. The third kappa shape index (κ3) is 5.03. The molecule has 0 bridgehead atoms. The van der Waals surface area contributed by atoms with Gasteiger partial charge in [-0.2, -0.15) is 0 Å². The fraction of sp³-hybridized carbons (Fsp3) is 0.333. The van der Waals surface area contributed by atoms with Crippen molar-refractivity contribution in [3.63, 3.8) is 0 Å². The molecule has 2 heterocycles. The van der Waals surface area contributed by atoms with Gasteiger partial charge in [0.2, 0.25) is 5.91 Å². The maximum atomic E-state index is 14.4. The van der Waals surface area contributed by atoms with Crippen molar-refractivity contribution in [2.75, 3.05) is 58.6 Å². The van der Waals surface area contributed by atoms with Crippen LogP contribution >= 0.6 is 11.8 Å². The minimum absolute atomic E-state index is 0.0412. The van der Waals surface area contributed by atoms with Crippen LogP contribution in [0.25, 0.3) is 0 Å². The van der Waals surface area contributed by atoms with Gasteiger partial charge in [0.05, 0.1) is 26.2 Å². The first-order chi connectivity index (χ1) is 18.9. The number of benzene rings is 3. The number of thioether (sulfide) groups is 1. The first-order valence-corrected chi connectivity index (χ1v) is 14.0. The summed E-state index contributed by atoms with van der Waals surface area (Å²) in [4.78, 5) is 34.8. The average molecular weight is 550 g/mol. The number of hydrogen-bond acceptors (Lipinski definition) is 6. The van der Waals surface area contributed by atoms with E-state index in [1.54, 1.807) is 55.1 Å². The van der Waals surface area contributed by atoms with Gasteiger partial charge in [-0.15, -0.1) is 11.8 Å². The molecule has 0 unspecified atom stereocenters. The predicted molar refractivity (Wildman–Crippen MR) is 151 cm³/mol. The molecule has 0 N–H and O–H groups in total. The Labute approximate surface area is 232 Å². The lowest BCUT2D eigenvalue weighted by Crippen LogP contribution is -2.53. The number of anilines is 1. The monoisotopic (exact) mass is 549 g/mol. The number of carbonyl (C=O) groups is 2. The van der Waals surface area contributed by atoms with Gasteiger partial charge in [0.1, 0.15) is 5.82 Å². The van der Waals surface area contributed by atoms with Gasteiger partial charge >= 0.3 is 0 Å². The van der Waals surface area contributed by atoms with E-state index in [4.69, 9.17) is 9.47 Å². The first-order valence-electron chi connectivity index (χ1n) is 12.8. The number of methoxy groups -OCH3 is 2. The molecule has 5 rings (SSSR count). The standard InChI is InChI=1S/C30H32FN3O4S/c1-32-28(19-5-11-22(39-4)12-6-19)27(23-17-25(37-2)26(38-3)18-24(23)29(32)35)30(36)34-15-13-33(14-16-34)21-9-7-20(31)8-10-21/h5-12,17-18,27-28H,13-16H2,1-4H3/t27-,28+/m0/s1. The zero-order valence-corrected chi connectivity index (χ0v) is 23.3. The molecule has 9 heteroatoms. The number of nitrogens with zero attached hydrogens (tertiary/aromatic N) is 3. The lowest BCUT2D eigenvalue weighted by atomic mass is 9.78. The Morgan fingerprint density at radius 2 is 1.54 bits per heavy atom. The molecule has 2 atom stereocenters. The molecular formula is C30H32FN3O4S. The highest BCUT2D eigenvalue weighted by Gasteiger charge is 2.45. The van der Waals surface area contributed by atoms with Gasteiger partial charge in [-0.3, -0.25) is 9.59 Å². The second-order valence-corrected chi connectivity index (χ2v) is 10.6. The summed E-state index contributed by atoms with van der Waals surface area (Å²) < 4.78 is 24.5. The topological polar surface area (TPSA) is 62.3 Å². The highest BCUT2D eigenvalue weighted by molar-refractivity contribution is 7.98. The summed E-state index contributed by atoms with van der Waals surface area (Å²) in [5.74, 6) is -0.189. The van der Waals surface area contributed by atoms with Crippen LogP contribution in [0.15, 0.2) is 65.6 Å². The Bertz CT molecular complexity index is 1360. The number of halogens is 1. The van der Waals surface area contributed by atoms with Gasteiger partial charge in [-0.25, -0.2) is 4.39 Å². The maximum absolute atomic E-state index is 14.4. The van der Waals surface area contributed by atoms with Crippen LogP contribution in [0.3, 0.4) is 0 Å². The van der Waals surface area contributed by atoms with Crippen LogP contribution in [-0.4, -0.2) is 75.3 Å². The summed E-state index contributed by atoms with van der Waals surface area (Å²) in [7, 11) is 4.83. The average Bonchev–Trinajstić information content (AvgIpc) is 2.98. The Balaban J connectivity index is 1.52. The number of likely N-dealkylation sites (N-methyl/N-ethyl adjacent to an activating group) is 1. The van der Waals surface area contributed by atoms with E-state index in [0.717, 1.165) is 16.1 Å². The van der Waals surface area contributed by atoms with Crippen LogP contribution in [0, 0.1) is 5.82 Å². The van der Waals surface area contributed by atoms with Crippen LogP contribution in [0.5, 0.6) is 11.5 Å². The highest BCUT2D eigenvalue weighted by atomic mass is 32.2. The molecule has 0 spiro atoms. The van der Waals surface area contributed by atoms with E-state index >= 15 is 0 Å². The van der Waals surface area contributed by atoms with E-state index in [2.05, 4.69) is 4.90 Å². The Hall–Kier alpha value is -3.72. The number of piperazine rings is 1. The maximum Gasteiger partial charge on any atom is 0.254 e. The van der Waals surface area contributed by atoms with Crippen LogP contribution in [-0.2, 0) is 4.79 Å². The largest absolute Gasteiger partial charge is 0.493 e. The van der Waals surface area contributed by atoms with Gasteiger partial charge < -0.3 is 24.2 Å². The Kier molecular flexibility index (Phi) is 7.70. The molecular weight excluding hydrogens is 517 g/mol. The summed E-state index contributed by atoms with van der Waals surface area (Å²) in [5.41, 5.74) is 2.91. The Morgan fingerprint density at radius 3 is 2.13 bits per heavy atom. The van der Waals surface area contributed by atoms with Crippen molar-refractivity contribution in [1.29, 1.82) is 0 Å². The summed E-state index contributed by atoms with van der Waals surface area (Å²) in [6.45, 7) is 2.30. The molecule has 39 heavy (non-hydrogen) atoms. The molecule has 0 radical (unpaired) electrons. The number of ether oxygens (including phenoxy) is 2. The fourth-order valence-electron chi connectivity index (χ4n) is 5.57. The third-order valence-corrected chi connectivity index (χ3v) is 8.42. The van der Waals surface area contributed by atoms with Crippen LogP contribution in [0.4, 0.5) is 10.1 Å². The minimum atomic E-state index is -0.625. The smallest absolute Gasteiger partial charge is 0.254 e. The van der Waals surface area contributed by atoms with E-state index in [1.807, 2.05) is 35.4 Å². The van der Waals surface area contributed by atoms with Gasteiger partial charge in [0.15, 0.2) is 11.5 Å². The van der Waals surface area contributed by atoms with Gasteiger partial charge in [0.25, 0.3) is 5.91 Å². The van der Waals surface area contributed by atoms with Gasteiger partial charge in [-0.1, -0.05) is 12.1 Å².